The number of fused-ring (bicyclic) bond motifs is 2. The molecule has 1 fully saturated rings. The van der Waals surface area contributed by atoms with Crippen LogP contribution in [0.1, 0.15) is 6.42 Å². The van der Waals surface area contributed by atoms with Crippen molar-refractivity contribution in [3.8, 4) is 0 Å². The molecule has 7 heteroatoms. The summed E-state index contributed by atoms with van der Waals surface area (Å²) in [6, 6.07) is 0. The average Bonchev–Trinajstić information content (AvgIpc) is 2.19. The van der Waals surface area contributed by atoms with Gasteiger partial charge >= 0.3 is 11.8 Å². The first-order valence-corrected chi connectivity index (χ1v) is 4.26. The summed E-state index contributed by atoms with van der Waals surface area (Å²) in [4.78, 5) is 0. The third kappa shape index (κ3) is 0.883. The van der Waals surface area contributed by atoms with Crippen LogP contribution in [-0.4, -0.2) is 23.2 Å². The number of hydrogen-bond donors (Lipinski definition) is 0. The Balaban J connectivity index is 2.73. The van der Waals surface area contributed by atoms with Crippen LogP contribution in [-0.2, 0) is 0 Å². The maximum Gasteiger partial charge on any atom is 0.354 e. The lowest BCUT2D eigenvalue weighted by Gasteiger charge is -2.51. The minimum atomic E-state index is -5.31. The van der Waals surface area contributed by atoms with Crippen molar-refractivity contribution in [1.82, 2.24) is 0 Å². The third-order valence-electron chi connectivity index (χ3n) is 3.00. The van der Waals surface area contributed by atoms with Crippen LogP contribution in [0.5, 0.6) is 0 Å². The quantitative estimate of drug-likeness (QED) is 0.453. The summed E-state index contributed by atoms with van der Waals surface area (Å²) in [6.07, 6.45) is -2.00. The fourth-order valence-corrected chi connectivity index (χ4v) is 1.95. The first kappa shape index (κ1) is 11.5. The van der Waals surface area contributed by atoms with E-state index in [0.29, 0.717) is 0 Å². The molecule has 0 nitrogen and oxygen atoms in total. The summed E-state index contributed by atoms with van der Waals surface area (Å²) in [6.45, 7) is 0. The van der Waals surface area contributed by atoms with Crippen LogP contribution in [0.4, 0.5) is 30.7 Å². The highest BCUT2D eigenvalue weighted by Crippen LogP contribution is 2.64. The van der Waals surface area contributed by atoms with Crippen molar-refractivity contribution in [2.24, 2.45) is 0 Å². The van der Waals surface area contributed by atoms with Gasteiger partial charge in [0, 0.05) is 12.0 Å². The van der Waals surface area contributed by atoms with Crippen molar-refractivity contribution in [2.45, 2.75) is 29.6 Å². The van der Waals surface area contributed by atoms with E-state index in [9.17, 15) is 30.7 Å². The number of allylic oxidation sites excluding steroid dienone is 3. The molecule has 90 valence electrons. The van der Waals surface area contributed by atoms with E-state index in [2.05, 4.69) is 0 Å². The fourth-order valence-electron chi connectivity index (χ4n) is 1.95. The molecule has 2 unspecified atom stereocenters. The highest BCUT2D eigenvalue weighted by molar-refractivity contribution is 5.46. The lowest BCUT2D eigenvalue weighted by molar-refractivity contribution is -0.313. The van der Waals surface area contributed by atoms with Gasteiger partial charge < -0.3 is 0 Å². The molecule has 0 aromatic rings. The zero-order valence-corrected chi connectivity index (χ0v) is 7.58. The average molecular weight is 246 g/mol. The van der Waals surface area contributed by atoms with Gasteiger partial charge in [-0.3, -0.25) is 0 Å². The largest absolute Gasteiger partial charge is 0.354 e. The fraction of sp³-hybridized carbons (Fsp3) is 0.556. The van der Waals surface area contributed by atoms with Crippen LogP contribution in [0.15, 0.2) is 24.1 Å². The molecule has 2 atom stereocenters. The van der Waals surface area contributed by atoms with Gasteiger partial charge in [-0.25, -0.2) is 13.2 Å². The van der Waals surface area contributed by atoms with Crippen LogP contribution in [0, 0.1) is 0 Å². The predicted octanol–water partition coefficient (Wildman–Crippen LogP) is 3.50. The van der Waals surface area contributed by atoms with Gasteiger partial charge in [-0.05, 0) is 12.2 Å². The van der Waals surface area contributed by atoms with E-state index in [-0.39, 0.29) is 12.2 Å². The van der Waals surface area contributed by atoms with Crippen molar-refractivity contribution in [2.75, 3.05) is 0 Å². The summed E-state index contributed by atoms with van der Waals surface area (Å²) in [5.74, 6) is -10.5. The highest BCUT2D eigenvalue weighted by atomic mass is 19.3. The first-order valence-electron chi connectivity index (χ1n) is 4.26. The summed E-state index contributed by atoms with van der Waals surface area (Å²) in [5.41, 5.74) is -9.02. The van der Waals surface area contributed by atoms with Gasteiger partial charge in [-0.1, -0.05) is 0 Å². The van der Waals surface area contributed by atoms with Crippen LogP contribution < -0.4 is 0 Å². The van der Waals surface area contributed by atoms with E-state index in [1.807, 2.05) is 0 Å². The molecule has 0 saturated heterocycles. The van der Waals surface area contributed by atoms with E-state index in [1.165, 1.54) is 0 Å². The Hall–Kier alpha value is -1.01. The zero-order valence-electron chi connectivity index (χ0n) is 7.58. The van der Waals surface area contributed by atoms with Gasteiger partial charge in [0.2, 0.25) is 11.3 Å². The van der Waals surface area contributed by atoms with Crippen LogP contribution in [0.3, 0.4) is 0 Å². The molecule has 0 radical (unpaired) electrons. The molecule has 0 aromatic heterocycles. The molecule has 3 aliphatic rings. The molecule has 2 bridgehead atoms. The summed E-state index contributed by atoms with van der Waals surface area (Å²) in [5, 5.41) is 0. The highest BCUT2D eigenvalue weighted by Gasteiger charge is 2.83. The van der Waals surface area contributed by atoms with E-state index < -0.39 is 41.5 Å². The Kier molecular flexibility index (Phi) is 1.88. The molecule has 0 amide bonds. The first-order chi connectivity index (χ1) is 7.12. The molecule has 0 N–H and O–H groups in total. The monoisotopic (exact) mass is 246 g/mol. The van der Waals surface area contributed by atoms with E-state index in [1.54, 1.807) is 0 Å². The molecule has 0 spiro atoms. The van der Waals surface area contributed by atoms with Gasteiger partial charge in [0.15, 0.2) is 0 Å². The second-order valence-corrected chi connectivity index (χ2v) is 3.87. The SMILES string of the molecule is F/C=C1\CC2(F)C=CC1(F)C(F)(F)C2(F)F. The molecule has 0 heterocycles. The minimum Gasteiger partial charge on any atom is -0.232 e. The third-order valence-corrected chi connectivity index (χ3v) is 3.00. The molecular formula is C9H5F7. The van der Waals surface area contributed by atoms with Crippen molar-refractivity contribution < 1.29 is 30.7 Å². The topological polar surface area (TPSA) is 0 Å². The van der Waals surface area contributed by atoms with Gasteiger partial charge in [0.1, 0.15) is 0 Å². The predicted molar refractivity (Wildman–Crippen MR) is 40.5 cm³/mol. The maximum absolute atomic E-state index is 13.7. The number of halogens is 7. The van der Waals surface area contributed by atoms with E-state index in [0.717, 1.165) is 0 Å². The maximum atomic E-state index is 13.7. The molecule has 16 heavy (non-hydrogen) atoms. The van der Waals surface area contributed by atoms with E-state index >= 15 is 0 Å². The van der Waals surface area contributed by atoms with Gasteiger partial charge in [-0.15, -0.1) is 0 Å². The Labute approximate surface area is 85.4 Å². The van der Waals surface area contributed by atoms with Crippen molar-refractivity contribution in [3.63, 3.8) is 0 Å². The normalized spacial score (nSPS) is 46.3. The molecular weight excluding hydrogens is 241 g/mol. The second kappa shape index (κ2) is 2.62. The number of alkyl halides is 6. The Morgan fingerprint density at radius 2 is 1.50 bits per heavy atom. The van der Waals surface area contributed by atoms with Crippen LogP contribution in [0.2, 0.25) is 0 Å². The summed E-state index contributed by atoms with van der Waals surface area (Å²) < 4.78 is 91.7. The molecule has 3 aliphatic carbocycles. The van der Waals surface area contributed by atoms with Crippen LogP contribution in [0.25, 0.3) is 0 Å². The van der Waals surface area contributed by atoms with Gasteiger partial charge in [0.05, 0.1) is 6.33 Å². The molecule has 3 rings (SSSR count). The van der Waals surface area contributed by atoms with E-state index in [4.69, 9.17) is 0 Å². The van der Waals surface area contributed by atoms with Crippen LogP contribution >= 0.6 is 0 Å². The molecule has 0 aromatic carbocycles. The number of rotatable bonds is 0. The Bertz CT molecular complexity index is 397. The minimum absolute atomic E-state index is 0.0391. The summed E-state index contributed by atoms with van der Waals surface area (Å²) >= 11 is 0. The number of hydrogen-bond acceptors (Lipinski definition) is 0. The van der Waals surface area contributed by atoms with Gasteiger partial charge in [0.25, 0.3) is 0 Å². The Morgan fingerprint density at radius 1 is 0.938 bits per heavy atom. The molecule has 0 aliphatic heterocycles. The zero-order chi connectivity index (χ0) is 12.4. The summed E-state index contributed by atoms with van der Waals surface area (Å²) in [7, 11) is 0. The van der Waals surface area contributed by atoms with Crippen molar-refractivity contribution in [3.05, 3.63) is 24.1 Å². The lowest BCUT2D eigenvalue weighted by atomic mass is 9.64. The van der Waals surface area contributed by atoms with Gasteiger partial charge in [-0.2, -0.15) is 17.6 Å². The lowest BCUT2D eigenvalue weighted by Crippen LogP contribution is -2.71. The standard InChI is InChI=1S/C9H5F7/c10-4-5-3-6(11)1-2-7(5,12)9(15,16)8(6,13)14/h1-2,4H,3H2/b5-4+. The van der Waals surface area contributed by atoms with Crippen molar-refractivity contribution >= 4 is 0 Å². The van der Waals surface area contributed by atoms with Crippen molar-refractivity contribution in [1.29, 1.82) is 0 Å². The molecule has 1 saturated carbocycles. The second-order valence-electron chi connectivity index (χ2n) is 3.87. The Morgan fingerprint density at radius 3 is 2.00 bits per heavy atom. The smallest absolute Gasteiger partial charge is 0.232 e.